The third-order valence-electron chi connectivity index (χ3n) is 2.89. The van der Waals surface area contributed by atoms with Gasteiger partial charge in [-0.05, 0) is 31.7 Å². The van der Waals surface area contributed by atoms with Crippen molar-refractivity contribution in [3.8, 4) is 0 Å². The van der Waals surface area contributed by atoms with Gasteiger partial charge in [0.1, 0.15) is 0 Å². The van der Waals surface area contributed by atoms with E-state index in [0.29, 0.717) is 16.6 Å². The molecule has 7 heteroatoms. The van der Waals surface area contributed by atoms with E-state index in [1.54, 1.807) is 37.1 Å². The molecular formula is C13H16Cl2N2O3. The van der Waals surface area contributed by atoms with Gasteiger partial charge < -0.3 is 4.74 Å². The van der Waals surface area contributed by atoms with Crippen LogP contribution >= 0.6 is 23.2 Å². The number of methoxy groups -OCH3 is 1. The number of nitrogens with zero attached hydrogens (tertiary/aromatic N) is 1. The summed E-state index contributed by atoms with van der Waals surface area (Å²) in [5, 5.41) is 3.21. The molecule has 5 nitrogen and oxygen atoms in total. The molecule has 2 amide bonds. The Labute approximate surface area is 127 Å². The fourth-order valence-electron chi connectivity index (χ4n) is 1.51. The lowest BCUT2D eigenvalue weighted by atomic mass is 10.2. The molecule has 0 fully saturated rings. The molecule has 1 rings (SSSR count). The monoisotopic (exact) mass is 318 g/mol. The van der Waals surface area contributed by atoms with Crippen LogP contribution in [0.3, 0.4) is 0 Å². The summed E-state index contributed by atoms with van der Waals surface area (Å²) in [6.07, 6.45) is -0.778. The molecule has 20 heavy (non-hydrogen) atoms. The van der Waals surface area contributed by atoms with Crippen LogP contribution in [0.1, 0.15) is 12.5 Å². The number of carbonyl (C=O) groups is 2. The molecule has 0 aliphatic carbocycles. The Morgan fingerprint density at radius 1 is 1.40 bits per heavy atom. The van der Waals surface area contributed by atoms with Crippen molar-refractivity contribution in [1.82, 2.24) is 10.2 Å². The number of amides is 2. The molecule has 1 N–H and O–H groups in total. The van der Waals surface area contributed by atoms with Crippen LogP contribution < -0.4 is 5.32 Å². The van der Waals surface area contributed by atoms with Gasteiger partial charge in [0.2, 0.25) is 5.91 Å². The first-order valence-electron chi connectivity index (χ1n) is 5.88. The summed E-state index contributed by atoms with van der Waals surface area (Å²) < 4.78 is 4.38. The van der Waals surface area contributed by atoms with Gasteiger partial charge in [-0.2, -0.15) is 0 Å². The first kappa shape index (κ1) is 16.8. The Bertz CT molecular complexity index is 508. The summed E-state index contributed by atoms with van der Waals surface area (Å²) in [6.45, 7) is 2.13. The molecule has 0 aliphatic heterocycles. The third-order valence-corrected chi connectivity index (χ3v) is 3.47. The highest BCUT2D eigenvalue weighted by atomic mass is 35.5. The summed E-state index contributed by atoms with van der Waals surface area (Å²) in [4.78, 5) is 24.5. The average Bonchev–Trinajstić information content (AvgIpc) is 2.40. The lowest BCUT2D eigenvalue weighted by Gasteiger charge is -2.23. The predicted octanol–water partition coefficient (Wildman–Crippen LogP) is 2.70. The second-order valence-electron chi connectivity index (χ2n) is 4.31. The molecule has 110 valence electrons. The van der Waals surface area contributed by atoms with Gasteiger partial charge in [-0.1, -0.05) is 29.3 Å². The zero-order valence-electron chi connectivity index (χ0n) is 11.4. The van der Waals surface area contributed by atoms with Crippen LogP contribution in [0.5, 0.6) is 0 Å². The van der Waals surface area contributed by atoms with Gasteiger partial charge in [-0.15, -0.1) is 0 Å². The second-order valence-corrected chi connectivity index (χ2v) is 5.15. The number of ether oxygens (including phenoxy) is 1. The number of benzene rings is 1. The Morgan fingerprint density at radius 2 is 2.05 bits per heavy atom. The van der Waals surface area contributed by atoms with E-state index in [4.69, 9.17) is 23.2 Å². The number of hydrogen-bond donors (Lipinski definition) is 1. The number of nitrogens with one attached hydrogen (secondary N) is 1. The zero-order valence-corrected chi connectivity index (χ0v) is 13.0. The van der Waals surface area contributed by atoms with Crippen molar-refractivity contribution in [3.63, 3.8) is 0 Å². The molecular weight excluding hydrogens is 303 g/mol. The van der Waals surface area contributed by atoms with E-state index in [-0.39, 0.29) is 0 Å². The maximum Gasteiger partial charge on any atom is 0.413 e. The van der Waals surface area contributed by atoms with Crippen molar-refractivity contribution < 1.29 is 14.3 Å². The van der Waals surface area contributed by atoms with E-state index in [0.717, 1.165) is 5.56 Å². The zero-order chi connectivity index (χ0) is 15.3. The predicted molar refractivity (Wildman–Crippen MR) is 77.9 cm³/mol. The minimum Gasteiger partial charge on any atom is -0.453 e. The van der Waals surface area contributed by atoms with Gasteiger partial charge >= 0.3 is 6.09 Å². The van der Waals surface area contributed by atoms with Crippen LogP contribution in [-0.2, 0) is 16.1 Å². The molecule has 1 aromatic carbocycles. The molecule has 0 spiro atoms. The molecule has 0 saturated heterocycles. The molecule has 0 unspecified atom stereocenters. The van der Waals surface area contributed by atoms with Crippen molar-refractivity contribution in [3.05, 3.63) is 33.8 Å². The Balaban J connectivity index is 2.67. The van der Waals surface area contributed by atoms with Crippen LogP contribution in [0.25, 0.3) is 0 Å². The average molecular weight is 319 g/mol. The molecule has 0 aliphatic rings. The van der Waals surface area contributed by atoms with Crippen LogP contribution in [0.2, 0.25) is 10.0 Å². The summed E-state index contributed by atoms with van der Waals surface area (Å²) in [6, 6.07) is 4.66. The summed E-state index contributed by atoms with van der Waals surface area (Å²) in [7, 11) is 2.96. The van der Waals surface area contributed by atoms with Gasteiger partial charge in [0.05, 0.1) is 13.2 Å². The van der Waals surface area contributed by atoms with Crippen molar-refractivity contribution in [2.24, 2.45) is 0 Å². The molecule has 1 aromatic rings. The van der Waals surface area contributed by atoms with E-state index in [1.165, 1.54) is 7.11 Å². The number of alkyl carbamates (subject to hydrolysis) is 1. The number of hydrogen-bond acceptors (Lipinski definition) is 4. The van der Waals surface area contributed by atoms with Crippen LogP contribution in [0, 0.1) is 0 Å². The highest BCUT2D eigenvalue weighted by molar-refractivity contribution is 6.35. The van der Waals surface area contributed by atoms with Gasteiger partial charge in [-0.3, -0.25) is 15.0 Å². The SMILES string of the molecule is COC(=O)NC(=O)[C@@H](C)N(C)Cc1ccc(Cl)cc1Cl. The highest BCUT2D eigenvalue weighted by Crippen LogP contribution is 2.22. The van der Waals surface area contributed by atoms with Crippen molar-refractivity contribution in [1.29, 1.82) is 0 Å². The van der Waals surface area contributed by atoms with Gasteiger partial charge in [0.15, 0.2) is 0 Å². The van der Waals surface area contributed by atoms with E-state index >= 15 is 0 Å². The first-order chi connectivity index (χ1) is 9.35. The van der Waals surface area contributed by atoms with E-state index < -0.39 is 18.0 Å². The fraction of sp³-hybridized carbons (Fsp3) is 0.385. The van der Waals surface area contributed by atoms with Crippen molar-refractivity contribution >= 4 is 35.2 Å². The Hall–Kier alpha value is -1.30. The Kier molecular flexibility index (Phi) is 6.26. The normalized spacial score (nSPS) is 12.1. The van der Waals surface area contributed by atoms with E-state index in [1.807, 2.05) is 0 Å². The number of imide groups is 1. The minimum absolute atomic E-state index is 0.440. The van der Waals surface area contributed by atoms with Crippen molar-refractivity contribution in [2.45, 2.75) is 19.5 Å². The topological polar surface area (TPSA) is 58.6 Å². The summed E-state index contributed by atoms with van der Waals surface area (Å²) in [5.41, 5.74) is 0.844. The van der Waals surface area contributed by atoms with Crippen molar-refractivity contribution in [2.75, 3.05) is 14.2 Å². The third kappa shape index (κ3) is 4.67. The van der Waals surface area contributed by atoms with Crippen LogP contribution in [0.4, 0.5) is 4.79 Å². The highest BCUT2D eigenvalue weighted by Gasteiger charge is 2.21. The van der Waals surface area contributed by atoms with Crippen LogP contribution in [-0.4, -0.2) is 37.1 Å². The van der Waals surface area contributed by atoms with E-state index in [2.05, 4.69) is 10.1 Å². The largest absolute Gasteiger partial charge is 0.453 e. The quantitative estimate of drug-likeness (QED) is 0.927. The van der Waals surface area contributed by atoms with Gasteiger partial charge in [0, 0.05) is 16.6 Å². The summed E-state index contributed by atoms with van der Waals surface area (Å²) >= 11 is 11.9. The summed E-state index contributed by atoms with van der Waals surface area (Å²) in [5.74, 6) is -0.440. The van der Waals surface area contributed by atoms with Gasteiger partial charge in [0.25, 0.3) is 0 Å². The van der Waals surface area contributed by atoms with E-state index in [9.17, 15) is 9.59 Å². The number of likely N-dealkylation sites (N-methyl/N-ethyl adjacent to an activating group) is 1. The molecule has 0 saturated carbocycles. The molecule has 1 atom stereocenters. The molecule has 0 bridgehead atoms. The first-order valence-corrected chi connectivity index (χ1v) is 6.63. The lowest BCUT2D eigenvalue weighted by molar-refractivity contribution is -0.124. The van der Waals surface area contributed by atoms with Gasteiger partial charge in [-0.25, -0.2) is 4.79 Å². The number of carbonyl (C=O) groups excluding carboxylic acids is 2. The van der Waals surface area contributed by atoms with Crippen LogP contribution in [0.15, 0.2) is 18.2 Å². The maximum absolute atomic E-state index is 11.8. The fourth-order valence-corrected chi connectivity index (χ4v) is 1.98. The molecule has 0 radical (unpaired) electrons. The number of rotatable bonds is 4. The lowest BCUT2D eigenvalue weighted by Crippen LogP contribution is -2.45. The minimum atomic E-state index is -0.778. The Morgan fingerprint density at radius 3 is 2.60 bits per heavy atom. The standard InChI is InChI=1S/C13H16Cl2N2O3/c1-8(12(18)16-13(19)20-3)17(2)7-9-4-5-10(14)6-11(9)15/h4-6,8H,7H2,1-3H3,(H,16,18,19)/t8-/m1/s1. The molecule has 0 heterocycles. The second kappa shape index (κ2) is 7.47. The maximum atomic E-state index is 11.8. The molecule has 0 aromatic heterocycles. The smallest absolute Gasteiger partial charge is 0.413 e. The number of halogens is 2.